The monoisotopic (exact) mass is 193 g/mol. The lowest BCUT2D eigenvalue weighted by Crippen LogP contribution is -2.38. The first-order valence-corrected chi connectivity index (χ1v) is 5.48. The number of hydrogen-bond donors (Lipinski definition) is 1. The molecule has 0 radical (unpaired) electrons. The van der Waals surface area contributed by atoms with E-state index in [1.165, 1.54) is 31.2 Å². The molecule has 0 spiro atoms. The van der Waals surface area contributed by atoms with Gasteiger partial charge in [-0.2, -0.15) is 0 Å². The summed E-state index contributed by atoms with van der Waals surface area (Å²) in [6.07, 6.45) is 7.12. The predicted molar refractivity (Wildman–Crippen MR) is 57.2 cm³/mol. The van der Waals surface area contributed by atoms with E-state index in [0.717, 1.165) is 12.3 Å². The van der Waals surface area contributed by atoms with Crippen LogP contribution in [0.4, 0.5) is 0 Å². The molecule has 0 aromatic carbocycles. The molecule has 1 aromatic heterocycles. The van der Waals surface area contributed by atoms with E-state index < -0.39 is 0 Å². The number of furan rings is 1. The zero-order chi connectivity index (χ0) is 10.0. The molecule has 1 aliphatic carbocycles. The molecule has 2 nitrogen and oxygen atoms in total. The van der Waals surface area contributed by atoms with Crippen LogP contribution in [0.3, 0.4) is 0 Å². The summed E-state index contributed by atoms with van der Waals surface area (Å²) < 4.78 is 5.27. The van der Waals surface area contributed by atoms with Gasteiger partial charge < -0.3 is 9.73 Å². The van der Waals surface area contributed by atoms with E-state index in [1.54, 1.807) is 6.26 Å². The molecular weight excluding hydrogens is 174 g/mol. The van der Waals surface area contributed by atoms with Gasteiger partial charge in [0.1, 0.15) is 5.76 Å². The Balaban J connectivity index is 1.91. The maximum Gasteiger partial charge on any atom is 0.105 e. The van der Waals surface area contributed by atoms with E-state index in [-0.39, 0.29) is 0 Å². The number of nitrogens with one attached hydrogen (secondary N) is 1. The Morgan fingerprint density at radius 2 is 2.14 bits per heavy atom. The first-order chi connectivity index (χ1) is 6.70. The lowest BCUT2D eigenvalue weighted by atomic mass is 10.0. The average molecular weight is 193 g/mol. The molecule has 2 rings (SSSR count). The van der Waals surface area contributed by atoms with E-state index in [1.807, 2.05) is 6.92 Å². The van der Waals surface area contributed by atoms with Gasteiger partial charge in [-0.3, -0.25) is 0 Å². The molecule has 0 amide bonds. The van der Waals surface area contributed by atoms with Crippen LogP contribution in [0.1, 0.15) is 43.9 Å². The largest absolute Gasteiger partial charge is 0.469 e. The first-order valence-electron chi connectivity index (χ1n) is 5.48. The summed E-state index contributed by atoms with van der Waals surface area (Å²) in [6, 6.07) is 2.06. The summed E-state index contributed by atoms with van der Waals surface area (Å²) in [5.41, 5.74) is 1.65. The van der Waals surface area contributed by atoms with Crippen molar-refractivity contribution < 1.29 is 4.42 Å². The lowest BCUT2D eigenvalue weighted by Gasteiger charge is -2.25. The molecule has 1 fully saturated rings. The lowest BCUT2D eigenvalue weighted by molar-refractivity contribution is 0.361. The summed E-state index contributed by atoms with van der Waals surface area (Å²) in [7, 11) is 0. The Labute approximate surface area is 85.7 Å². The predicted octanol–water partition coefficient (Wildman–Crippen LogP) is 3.01. The Bertz CT molecular complexity index is 297. The highest BCUT2D eigenvalue weighted by atomic mass is 16.3. The second kappa shape index (κ2) is 3.77. The van der Waals surface area contributed by atoms with E-state index in [0.29, 0.717) is 5.54 Å². The van der Waals surface area contributed by atoms with Crippen molar-refractivity contribution in [2.75, 3.05) is 0 Å². The Morgan fingerprint density at radius 3 is 2.71 bits per heavy atom. The zero-order valence-electron chi connectivity index (χ0n) is 9.10. The molecule has 2 heteroatoms. The molecule has 0 bridgehead atoms. The second-order valence-corrected chi connectivity index (χ2v) is 4.62. The minimum absolute atomic E-state index is 0.365. The van der Waals surface area contributed by atoms with Crippen LogP contribution in [-0.4, -0.2) is 5.54 Å². The topological polar surface area (TPSA) is 25.2 Å². The minimum atomic E-state index is 0.365. The molecule has 1 aliphatic rings. The highest BCUT2D eigenvalue weighted by molar-refractivity contribution is 5.15. The van der Waals surface area contributed by atoms with Crippen LogP contribution >= 0.6 is 0 Å². The summed E-state index contributed by atoms with van der Waals surface area (Å²) in [6.45, 7) is 5.29. The average Bonchev–Trinajstić information content (AvgIpc) is 2.73. The molecule has 0 unspecified atom stereocenters. The van der Waals surface area contributed by atoms with Gasteiger partial charge in [0.25, 0.3) is 0 Å². The Kier molecular flexibility index (Phi) is 2.64. The highest BCUT2D eigenvalue weighted by Gasteiger charge is 2.27. The van der Waals surface area contributed by atoms with Crippen molar-refractivity contribution in [1.82, 2.24) is 5.32 Å². The normalized spacial score (nSPS) is 20.1. The standard InChI is InChI=1S/C12H19NO/c1-10-11(5-8-14-10)9-13-12(2)6-3-4-7-12/h5,8,13H,3-4,6-7,9H2,1-2H3. The van der Waals surface area contributed by atoms with E-state index in [9.17, 15) is 0 Å². The van der Waals surface area contributed by atoms with Crippen molar-refractivity contribution >= 4 is 0 Å². The summed E-state index contributed by atoms with van der Waals surface area (Å²) in [4.78, 5) is 0. The van der Waals surface area contributed by atoms with Gasteiger partial charge >= 0.3 is 0 Å². The van der Waals surface area contributed by atoms with Crippen LogP contribution in [0.15, 0.2) is 16.7 Å². The van der Waals surface area contributed by atoms with Gasteiger partial charge in [-0.25, -0.2) is 0 Å². The number of rotatable bonds is 3. The summed E-state index contributed by atoms with van der Waals surface area (Å²) in [5.74, 6) is 1.04. The van der Waals surface area contributed by atoms with Gasteiger partial charge in [-0.15, -0.1) is 0 Å². The molecule has 14 heavy (non-hydrogen) atoms. The molecule has 0 saturated heterocycles. The van der Waals surface area contributed by atoms with Crippen LogP contribution in [0, 0.1) is 6.92 Å². The molecule has 0 aliphatic heterocycles. The van der Waals surface area contributed by atoms with Crippen molar-refractivity contribution in [3.63, 3.8) is 0 Å². The van der Waals surface area contributed by atoms with E-state index >= 15 is 0 Å². The van der Waals surface area contributed by atoms with Crippen LogP contribution in [-0.2, 0) is 6.54 Å². The molecule has 78 valence electrons. The van der Waals surface area contributed by atoms with Crippen LogP contribution in [0.25, 0.3) is 0 Å². The fourth-order valence-electron chi connectivity index (χ4n) is 2.24. The highest BCUT2D eigenvalue weighted by Crippen LogP contribution is 2.29. The van der Waals surface area contributed by atoms with Gasteiger partial charge in [-0.05, 0) is 32.8 Å². The van der Waals surface area contributed by atoms with Gasteiger partial charge in [0.2, 0.25) is 0 Å². The Hall–Kier alpha value is -0.760. The molecular formula is C12H19NO. The SMILES string of the molecule is Cc1occc1CNC1(C)CCCC1. The van der Waals surface area contributed by atoms with E-state index in [4.69, 9.17) is 4.42 Å². The van der Waals surface area contributed by atoms with Gasteiger partial charge in [0, 0.05) is 17.6 Å². The summed E-state index contributed by atoms with van der Waals surface area (Å²) in [5, 5.41) is 3.64. The fraction of sp³-hybridized carbons (Fsp3) is 0.667. The van der Waals surface area contributed by atoms with Crippen molar-refractivity contribution in [2.24, 2.45) is 0 Å². The minimum Gasteiger partial charge on any atom is -0.469 e. The molecule has 0 atom stereocenters. The van der Waals surface area contributed by atoms with Gasteiger partial charge in [-0.1, -0.05) is 12.8 Å². The molecule has 1 N–H and O–H groups in total. The third-order valence-corrected chi connectivity index (χ3v) is 3.38. The van der Waals surface area contributed by atoms with Crippen molar-refractivity contribution in [3.8, 4) is 0 Å². The van der Waals surface area contributed by atoms with Gasteiger partial charge in [0.05, 0.1) is 6.26 Å². The molecule has 1 saturated carbocycles. The molecule has 1 aromatic rings. The second-order valence-electron chi connectivity index (χ2n) is 4.62. The third kappa shape index (κ3) is 2.01. The third-order valence-electron chi connectivity index (χ3n) is 3.38. The zero-order valence-corrected chi connectivity index (χ0v) is 9.10. The number of aryl methyl sites for hydroxylation is 1. The fourth-order valence-corrected chi connectivity index (χ4v) is 2.24. The van der Waals surface area contributed by atoms with Crippen molar-refractivity contribution in [3.05, 3.63) is 23.7 Å². The quantitative estimate of drug-likeness (QED) is 0.798. The van der Waals surface area contributed by atoms with Crippen LogP contribution < -0.4 is 5.32 Å². The van der Waals surface area contributed by atoms with Crippen LogP contribution in [0.5, 0.6) is 0 Å². The number of hydrogen-bond acceptors (Lipinski definition) is 2. The first kappa shape index (κ1) is 9.78. The van der Waals surface area contributed by atoms with Gasteiger partial charge in [0.15, 0.2) is 0 Å². The van der Waals surface area contributed by atoms with Crippen molar-refractivity contribution in [2.45, 2.75) is 51.6 Å². The summed E-state index contributed by atoms with van der Waals surface area (Å²) >= 11 is 0. The van der Waals surface area contributed by atoms with E-state index in [2.05, 4.69) is 18.3 Å². The smallest absolute Gasteiger partial charge is 0.105 e. The Morgan fingerprint density at radius 1 is 1.43 bits per heavy atom. The van der Waals surface area contributed by atoms with Crippen molar-refractivity contribution in [1.29, 1.82) is 0 Å². The van der Waals surface area contributed by atoms with Crippen LogP contribution in [0.2, 0.25) is 0 Å². The molecule has 1 heterocycles. The maximum absolute atomic E-state index is 5.27. The maximum atomic E-state index is 5.27.